The zero-order chi connectivity index (χ0) is 43.8. The summed E-state index contributed by atoms with van der Waals surface area (Å²) in [6, 6.07) is -1.12. The SMILES string of the molecule is CC#CC1(O)CC[C@@H](/C=C(\C)[C@H]2OC(=O)[C@@H]3CCCCN3C(=O)C(=O)[C@]3(O)O[C@H]([C@@H](OC)C[C@@H](C)C/C(C)=C/[C@@H](C)C(=O)C[C@H](OP)[C@H]2C)[C@@H](OC)C[C@H]3C)C[C@H]1OC. The van der Waals surface area contributed by atoms with Crippen LogP contribution in [-0.2, 0) is 47.4 Å². The Morgan fingerprint density at radius 1 is 0.949 bits per heavy atom. The Hall–Kier alpha value is -2.53. The highest BCUT2D eigenvalue weighted by atomic mass is 31.0. The van der Waals surface area contributed by atoms with Crippen molar-refractivity contribution in [2.75, 3.05) is 27.9 Å². The highest BCUT2D eigenvalue weighted by molar-refractivity contribution is 7.09. The van der Waals surface area contributed by atoms with E-state index in [0.717, 1.165) is 5.57 Å². The zero-order valence-electron chi connectivity index (χ0n) is 36.9. The summed E-state index contributed by atoms with van der Waals surface area (Å²) in [6.45, 7) is 13.1. The molecule has 59 heavy (non-hydrogen) atoms. The molecule has 4 aliphatic rings. The molecule has 332 valence electrons. The largest absolute Gasteiger partial charge is 0.456 e. The Morgan fingerprint density at radius 3 is 2.25 bits per heavy atom. The van der Waals surface area contributed by atoms with E-state index in [2.05, 4.69) is 28.2 Å². The van der Waals surface area contributed by atoms with Gasteiger partial charge in [-0.25, -0.2) is 4.79 Å². The van der Waals surface area contributed by atoms with Crippen LogP contribution in [0.15, 0.2) is 23.3 Å². The number of amides is 1. The summed E-state index contributed by atoms with van der Waals surface area (Å²) in [7, 11) is 6.89. The lowest BCUT2D eigenvalue weighted by molar-refractivity contribution is -0.302. The third-order valence-electron chi connectivity index (χ3n) is 13.2. The van der Waals surface area contributed by atoms with Crippen LogP contribution in [0.1, 0.15) is 113 Å². The molecule has 14 heteroatoms. The molecule has 15 atom stereocenters. The molecule has 2 N–H and O–H groups in total. The van der Waals surface area contributed by atoms with E-state index >= 15 is 0 Å². The topological polar surface area (TPSA) is 167 Å². The van der Waals surface area contributed by atoms with E-state index < -0.39 is 89.5 Å². The monoisotopic (exact) mass is 847 g/mol. The van der Waals surface area contributed by atoms with Gasteiger partial charge in [0, 0.05) is 61.5 Å². The smallest absolute Gasteiger partial charge is 0.329 e. The number of carbonyl (C=O) groups is 4. The van der Waals surface area contributed by atoms with Gasteiger partial charge in [-0.2, -0.15) is 0 Å². The van der Waals surface area contributed by atoms with E-state index in [-0.39, 0.29) is 43.4 Å². The highest BCUT2D eigenvalue weighted by Crippen LogP contribution is 2.40. The van der Waals surface area contributed by atoms with Crippen molar-refractivity contribution in [3.63, 3.8) is 0 Å². The zero-order valence-corrected chi connectivity index (χ0v) is 38.0. The van der Waals surface area contributed by atoms with Crippen LogP contribution in [0.3, 0.4) is 0 Å². The van der Waals surface area contributed by atoms with E-state index in [4.69, 9.17) is 28.2 Å². The molecule has 2 saturated heterocycles. The summed E-state index contributed by atoms with van der Waals surface area (Å²) in [6.07, 6.45) is 4.13. The first kappa shape index (κ1) is 49.1. The van der Waals surface area contributed by atoms with Crippen LogP contribution in [0.25, 0.3) is 0 Å². The lowest BCUT2D eigenvalue weighted by Gasteiger charge is -2.47. The molecule has 0 aromatic rings. The van der Waals surface area contributed by atoms with Crippen LogP contribution in [0.4, 0.5) is 0 Å². The molecular weight excluding hydrogens is 777 g/mol. The minimum Gasteiger partial charge on any atom is -0.456 e. The van der Waals surface area contributed by atoms with Crippen LogP contribution >= 0.6 is 9.47 Å². The summed E-state index contributed by atoms with van der Waals surface area (Å²) in [5.74, 6) is -1.47. The molecule has 0 spiro atoms. The Kier molecular flexibility index (Phi) is 17.9. The first-order valence-electron chi connectivity index (χ1n) is 21.3. The van der Waals surface area contributed by atoms with Crippen LogP contribution in [-0.4, -0.2) is 120 Å². The van der Waals surface area contributed by atoms with E-state index in [1.54, 1.807) is 21.0 Å². The van der Waals surface area contributed by atoms with Crippen molar-refractivity contribution in [3.05, 3.63) is 23.3 Å². The quantitative estimate of drug-likeness (QED) is 0.117. The van der Waals surface area contributed by atoms with E-state index in [1.165, 1.54) is 19.1 Å². The summed E-state index contributed by atoms with van der Waals surface area (Å²) in [5, 5.41) is 23.3. The number of cyclic esters (lactones) is 1. The fourth-order valence-electron chi connectivity index (χ4n) is 9.73. The summed E-state index contributed by atoms with van der Waals surface area (Å²) >= 11 is 0. The molecule has 0 aromatic heterocycles. The number of ether oxygens (including phenoxy) is 5. The van der Waals surface area contributed by atoms with Crippen molar-refractivity contribution in [1.29, 1.82) is 0 Å². The first-order chi connectivity index (χ1) is 27.9. The van der Waals surface area contributed by atoms with Gasteiger partial charge in [0.2, 0.25) is 5.79 Å². The van der Waals surface area contributed by atoms with Gasteiger partial charge >= 0.3 is 5.97 Å². The Morgan fingerprint density at radius 2 is 1.63 bits per heavy atom. The third-order valence-corrected chi connectivity index (χ3v) is 13.6. The molecule has 3 aliphatic heterocycles. The number of methoxy groups -OCH3 is 3. The van der Waals surface area contributed by atoms with Crippen LogP contribution in [0.5, 0.6) is 0 Å². The second-order valence-corrected chi connectivity index (χ2v) is 18.0. The van der Waals surface area contributed by atoms with E-state index in [0.29, 0.717) is 50.5 Å². The van der Waals surface area contributed by atoms with Gasteiger partial charge in [-0.05, 0) is 96.0 Å². The molecule has 1 saturated carbocycles. The average Bonchev–Trinajstić information content (AvgIpc) is 3.21. The van der Waals surface area contributed by atoms with Crippen molar-refractivity contribution in [1.82, 2.24) is 4.90 Å². The van der Waals surface area contributed by atoms with Crippen LogP contribution in [0, 0.1) is 41.4 Å². The molecule has 3 fully saturated rings. The maximum Gasteiger partial charge on any atom is 0.329 e. The predicted octanol–water partition coefficient (Wildman–Crippen LogP) is 5.29. The van der Waals surface area contributed by atoms with Gasteiger partial charge in [0.1, 0.15) is 24.0 Å². The lowest BCUT2D eigenvalue weighted by atomic mass is 9.75. The average molecular weight is 848 g/mol. The maximum absolute atomic E-state index is 14.5. The van der Waals surface area contributed by atoms with E-state index in [1.807, 2.05) is 39.8 Å². The molecule has 0 radical (unpaired) electrons. The van der Waals surface area contributed by atoms with Crippen LogP contribution < -0.4 is 0 Å². The number of fused-ring (bicyclic) bond motifs is 3. The van der Waals surface area contributed by atoms with Gasteiger partial charge in [0.05, 0.1) is 24.4 Å². The van der Waals surface area contributed by atoms with Crippen molar-refractivity contribution < 1.29 is 57.6 Å². The van der Waals surface area contributed by atoms with Gasteiger partial charge in [-0.15, -0.1) is 5.92 Å². The number of ketones is 2. The number of hydrogen-bond acceptors (Lipinski definition) is 12. The minimum absolute atomic E-state index is 0.0373. The van der Waals surface area contributed by atoms with Crippen LogP contribution in [0.2, 0.25) is 0 Å². The number of Topliss-reactive ketones (excluding diaryl/α,β-unsaturated/α-hetero) is 2. The number of esters is 1. The van der Waals surface area contributed by atoms with Gasteiger partial charge in [0.25, 0.3) is 11.7 Å². The predicted molar refractivity (Wildman–Crippen MR) is 224 cm³/mol. The standard InChI is InChI=1S/C45H70NO12P/c1-11-16-44(51)17-15-32(24-38(44)55-10)22-29(5)39-31(7)35(58-59)25-34(47)28(4)20-26(2)19-27(3)21-36(53-8)40-37(54-9)23-30(6)45(52,57-40)41(48)42(49)46-18-13-12-14-33(46)43(50)56-39/h20,22,27-28,30-33,35-40,51-52H,12-15,17-19,21,23-25,59H2,1-10H3/b26-20+,29-22+/t27-,28+,30+,31+,32-,33-,35-,36-,37-,38+,39+,40+,44?,45+/m0/s1. The van der Waals surface area contributed by atoms with Gasteiger partial charge in [0.15, 0.2) is 5.60 Å². The Balaban J connectivity index is 1.77. The maximum atomic E-state index is 14.5. The van der Waals surface area contributed by atoms with Gasteiger partial charge < -0.3 is 43.3 Å². The molecule has 2 bridgehead atoms. The molecular formula is C45H70NO12P. The molecule has 2 unspecified atom stereocenters. The molecule has 4 rings (SSSR count). The molecule has 1 amide bonds. The van der Waals surface area contributed by atoms with Crippen molar-refractivity contribution in [3.8, 4) is 11.8 Å². The van der Waals surface area contributed by atoms with Crippen molar-refractivity contribution in [2.45, 2.75) is 167 Å². The number of hydrogen-bond donors (Lipinski definition) is 2. The molecule has 1 aliphatic carbocycles. The second-order valence-electron chi connectivity index (χ2n) is 17.7. The number of piperidine rings is 1. The summed E-state index contributed by atoms with van der Waals surface area (Å²) < 4.78 is 36.0. The number of carbonyl (C=O) groups excluding carboxylic acids is 4. The fourth-order valence-corrected chi connectivity index (χ4v) is 10.1. The minimum atomic E-state index is -2.50. The molecule has 13 nitrogen and oxygen atoms in total. The second kappa shape index (κ2) is 21.5. The fraction of sp³-hybridized carbons (Fsp3) is 0.778. The lowest BCUT2D eigenvalue weighted by Crippen LogP contribution is -2.64. The van der Waals surface area contributed by atoms with Gasteiger partial charge in [-0.3, -0.25) is 14.4 Å². The summed E-state index contributed by atoms with van der Waals surface area (Å²) in [4.78, 5) is 58.1. The Labute approximate surface area is 353 Å². The first-order valence-corrected chi connectivity index (χ1v) is 21.8. The van der Waals surface area contributed by atoms with Gasteiger partial charge in [-0.1, -0.05) is 51.3 Å². The number of nitrogens with zero attached hydrogens (tertiary/aromatic N) is 1. The van der Waals surface area contributed by atoms with Crippen molar-refractivity contribution >= 4 is 32.9 Å². The van der Waals surface area contributed by atoms with Crippen molar-refractivity contribution in [2.24, 2.45) is 29.6 Å². The Bertz CT molecular complexity index is 1620. The molecule has 0 aromatic carbocycles. The highest BCUT2D eigenvalue weighted by Gasteiger charge is 2.56. The number of rotatable bonds is 6. The normalized spacial score (nSPS) is 41.1. The van der Waals surface area contributed by atoms with E-state index in [9.17, 15) is 29.4 Å². The third kappa shape index (κ3) is 11.5. The summed E-state index contributed by atoms with van der Waals surface area (Å²) in [5.41, 5.74) is 0.442. The number of aliphatic hydroxyl groups is 2. The molecule has 3 heterocycles. The number of allylic oxidation sites excluding steroid dienone is 3.